The normalized spacial score (nSPS) is 11.4. The van der Waals surface area contributed by atoms with Crippen LogP contribution >= 0.6 is 0 Å². The van der Waals surface area contributed by atoms with Gasteiger partial charge in [0, 0.05) is 11.8 Å². The number of halogens is 1. The summed E-state index contributed by atoms with van der Waals surface area (Å²) in [5.74, 6) is -1.83. The molecule has 0 radical (unpaired) electrons. The number of carbonyl (C=O) groups is 2. The van der Waals surface area contributed by atoms with E-state index in [0.717, 1.165) is 18.6 Å². The van der Waals surface area contributed by atoms with Crippen molar-refractivity contribution in [3.05, 3.63) is 64.0 Å². The van der Waals surface area contributed by atoms with Crippen LogP contribution in [0.1, 0.15) is 30.6 Å². The van der Waals surface area contributed by atoms with Gasteiger partial charge >= 0.3 is 11.7 Å². The second kappa shape index (κ2) is 9.45. The highest BCUT2D eigenvalue weighted by atomic mass is 19.1. The molecule has 28 heavy (non-hydrogen) atoms. The summed E-state index contributed by atoms with van der Waals surface area (Å²) in [5.41, 5.74) is -0.521. The molecule has 0 aliphatic heterocycles. The molecule has 148 valence electrons. The van der Waals surface area contributed by atoms with E-state index in [1.807, 2.05) is 6.92 Å². The molecule has 1 atom stereocenters. The molecule has 1 N–H and O–H groups in total. The molecule has 9 heteroatoms. The lowest BCUT2D eigenvalue weighted by Crippen LogP contribution is -2.30. The number of hydrogen-bond acceptors (Lipinski definition) is 6. The molecular formula is C19H19FN2O6. The highest BCUT2D eigenvalue weighted by Gasteiger charge is 2.21. The van der Waals surface area contributed by atoms with Gasteiger partial charge in [-0.15, -0.1) is 0 Å². The summed E-state index contributed by atoms with van der Waals surface area (Å²) in [6, 6.07) is 9.19. The maximum absolute atomic E-state index is 13.3. The molecule has 0 saturated heterocycles. The Kier molecular flexibility index (Phi) is 7.02. The van der Waals surface area contributed by atoms with Crippen LogP contribution in [0.25, 0.3) is 0 Å². The molecule has 2 rings (SSSR count). The lowest BCUT2D eigenvalue weighted by molar-refractivity contribution is -0.387. The molecule has 0 unspecified atom stereocenters. The van der Waals surface area contributed by atoms with Crippen molar-refractivity contribution in [1.29, 1.82) is 0 Å². The van der Waals surface area contributed by atoms with Crippen LogP contribution in [-0.2, 0) is 9.53 Å². The maximum atomic E-state index is 13.3. The average molecular weight is 390 g/mol. The molecule has 0 aliphatic carbocycles. The fourth-order valence-electron chi connectivity index (χ4n) is 2.16. The summed E-state index contributed by atoms with van der Waals surface area (Å²) in [5, 5.41) is 13.1. The fourth-order valence-corrected chi connectivity index (χ4v) is 2.16. The van der Waals surface area contributed by atoms with Crippen molar-refractivity contribution >= 4 is 23.3 Å². The van der Waals surface area contributed by atoms with E-state index in [-0.39, 0.29) is 11.3 Å². The summed E-state index contributed by atoms with van der Waals surface area (Å²) >= 11 is 0. The number of hydrogen-bond donors (Lipinski definition) is 1. The minimum Gasteiger partial charge on any atom is -0.494 e. The van der Waals surface area contributed by atoms with Gasteiger partial charge in [0.05, 0.1) is 17.1 Å². The van der Waals surface area contributed by atoms with Crippen molar-refractivity contribution < 1.29 is 28.4 Å². The molecule has 8 nitrogen and oxygen atoms in total. The van der Waals surface area contributed by atoms with Crippen molar-refractivity contribution in [1.82, 2.24) is 0 Å². The van der Waals surface area contributed by atoms with E-state index in [1.54, 1.807) is 12.1 Å². The number of nitro benzene ring substituents is 1. The average Bonchev–Trinajstić information content (AvgIpc) is 2.67. The Balaban J connectivity index is 1.97. The van der Waals surface area contributed by atoms with E-state index in [9.17, 15) is 24.1 Å². The van der Waals surface area contributed by atoms with Crippen LogP contribution in [0.2, 0.25) is 0 Å². The number of carbonyl (C=O) groups excluding carboxylic acids is 2. The predicted octanol–water partition coefficient (Wildman–Crippen LogP) is 3.71. The second-order valence-corrected chi connectivity index (χ2v) is 5.83. The zero-order chi connectivity index (χ0) is 20.7. The number of nitrogens with zero attached hydrogens (tertiary/aromatic N) is 1. The van der Waals surface area contributed by atoms with Gasteiger partial charge in [0.2, 0.25) is 5.82 Å². The lowest BCUT2D eigenvalue weighted by Gasteiger charge is -2.14. The molecule has 2 aromatic rings. The number of ether oxygens (including phenoxy) is 2. The van der Waals surface area contributed by atoms with Gasteiger partial charge in [-0.1, -0.05) is 6.92 Å². The lowest BCUT2D eigenvalue weighted by atomic mass is 10.2. The summed E-state index contributed by atoms with van der Waals surface area (Å²) in [6.45, 7) is 3.88. The monoisotopic (exact) mass is 390 g/mol. The van der Waals surface area contributed by atoms with E-state index >= 15 is 0 Å². The Bertz CT molecular complexity index is 869. The van der Waals surface area contributed by atoms with Gasteiger partial charge in [-0.25, -0.2) is 4.79 Å². The Hall–Kier alpha value is -3.49. The number of anilines is 1. The first-order chi connectivity index (χ1) is 13.3. The SMILES string of the molecule is CCCOc1ccc(C(=O)O[C@@H](C)C(=O)Nc2ccc(F)c([N+](=O)[O-])c2)cc1. The van der Waals surface area contributed by atoms with Crippen molar-refractivity contribution in [2.24, 2.45) is 0 Å². The van der Waals surface area contributed by atoms with Gasteiger partial charge in [-0.3, -0.25) is 14.9 Å². The third-order valence-corrected chi connectivity index (χ3v) is 3.63. The predicted molar refractivity (Wildman–Crippen MR) is 98.8 cm³/mol. The molecule has 0 aromatic heterocycles. The highest BCUT2D eigenvalue weighted by molar-refractivity contribution is 5.97. The topological polar surface area (TPSA) is 108 Å². The van der Waals surface area contributed by atoms with Crippen LogP contribution in [0.3, 0.4) is 0 Å². The minimum atomic E-state index is -1.17. The number of nitrogens with one attached hydrogen (secondary N) is 1. The van der Waals surface area contributed by atoms with Crippen molar-refractivity contribution in [2.45, 2.75) is 26.4 Å². The van der Waals surface area contributed by atoms with Crippen molar-refractivity contribution in [2.75, 3.05) is 11.9 Å². The first kappa shape index (κ1) is 20.8. The van der Waals surface area contributed by atoms with Crippen LogP contribution in [0.15, 0.2) is 42.5 Å². The van der Waals surface area contributed by atoms with Gasteiger partial charge in [0.1, 0.15) is 5.75 Å². The molecule has 0 aliphatic rings. The molecule has 0 bridgehead atoms. The number of esters is 1. The maximum Gasteiger partial charge on any atom is 0.338 e. The minimum absolute atomic E-state index is 0.0124. The number of rotatable bonds is 8. The van der Waals surface area contributed by atoms with Crippen LogP contribution in [-0.4, -0.2) is 29.5 Å². The third-order valence-electron chi connectivity index (χ3n) is 3.63. The largest absolute Gasteiger partial charge is 0.494 e. The molecule has 0 fully saturated rings. The first-order valence-electron chi connectivity index (χ1n) is 8.50. The third kappa shape index (κ3) is 5.50. The smallest absolute Gasteiger partial charge is 0.338 e. The molecule has 0 spiro atoms. The molecular weight excluding hydrogens is 371 g/mol. The Morgan fingerprint density at radius 2 is 1.89 bits per heavy atom. The molecule has 0 saturated carbocycles. The first-order valence-corrected chi connectivity index (χ1v) is 8.50. The summed E-state index contributed by atoms with van der Waals surface area (Å²) in [7, 11) is 0. The number of benzene rings is 2. The quantitative estimate of drug-likeness (QED) is 0.418. The number of amides is 1. The van der Waals surface area contributed by atoms with E-state index < -0.39 is 34.4 Å². The Labute approximate surface area is 160 Å². The van der Waals surface area contributed by atoms with E-state index in [1.165, 1.54) is 25.1 Å². The molecule has 1 amide bonds. The van der Waals surface area contributed by atoms with Crippen molar-refractivity contribution in [3.63, 3.8) is 0 Å². The van der Waals surface area contributed by atoms with E-state index in [2.05, 4.69) is 5.32 Å². The van der Waals surface area contributed by atoms with Crippen LogP contribution < -0.4 is 10.1 Å². The van der Waals surface area contributed by atoms with Gasteiger partial charge in [-0.05, 0) is 49.7 Å². The van der Waals surface area contributed by atoms with E-state index in [4.69, 9.17) is 9.47 Å². The zero-order valence-corrected chi connectivity index (χ0v) is 15.3. The van der Waals surface area contributed by atoms with Gasteiger partial charge in [-0.2, -0.15) is 4.39 Å². The fraction of sp³-hybridized carbons (Fsp3) is 0.263. The second-order valence-electron chi connectivity index (χ2n) is 5.83. The van der Waals surface area contributed by atoms with Crippen LogP contribution in [0.4, 0.5) is 15.8 Å². The molecule has 2 aromatic carbocycles. The van der Waals surface area contributed by atoms with Gasteiger partial charge in [0.25, 0.3) is 5.91 Å². The highest BCUT2D eigenvalue weighted by Crippen LogP contribution is 2.22. The van der Waals surface area contributed by atoms with Crippen LogP contribution in [0, 0.1) is 15.9 Å². The number of nitro groups is 1. The standard InChI is InChI=1S/C19H19FN2O6/c1-3-10-27-15-7-4-13(5-8-15)19(24)28-12(2)18(23)21-14-6-9-16(20)17(11-14)22(25)26/h4-9,11-12H,3,10H2,1-2H3,(H,21,23)/t12-/m0/s1. The Morgan fingerprint density at radius 1 is 1.21 bits per heavy atom. The Morgan fingerprint density at radius 3 is 2.50 bits per heavy atom. The van der Waals surface area contributed by atoms with Gasteiger partial charge < -0.3 is 14.8 Å². The van der Waals surface area contributed by atoms with Crippen molar-refractivity contribution in [3.8, 4) is 5.75 Å². The zero-order valence-electron chi connectivity index (χ0n) is 15.3. The van der Waals surface area contributed by atoms with Gasteiger partial charge in [0.15, 0.2) is 6.10 Å². The van der Waals surface area contributed by atoms with Crippen LogP contribution in [0.5, 0.6) is 5.75 Å². The summed E-state index contributed by atoms with van der Waals surface area (Å²) < 4.78 is 23.9. The van der Waals surface area contributed by atoms with E-state index in [0.29, 0.717) is 12.4 Å². The summed E-state index contributed by atoms with van der Waals surface area (Å²) in [4.78, 5) is 34.1. The molecule has 0 heterocycles. The summed E-state index contributed by atoms with van der Waals surface area (Å²) in [6.07, 6.45) is -0.319.